The molecular weight excluding hydrogens is 326 g/mol. The summed E-state index contributed by atoms with van der Waals surface area (Å²) in [5.74, 6) is 0. The van der Waals surface area contributed by atoms with Gasteiger partial charge in [0.2, 0.25) is 6.41 Å². The van der Waals surface area contributed by atoms with Crippen LogP contribution in [-0.4, -0.2) is 42.5 Å². The Morgan fingerprint density at radius 1 is 1.27 bits per heavy atom. The summed E-state index contributed by atoms with van der Waals surface area (Å²) in [7, 11) is 0. The molecule has 1 fully saturated rings. The number of aryl methyl sites for hydroxylation is 1. The summed E-state index contributed by atoms with van der Waals surface area (Å²) in [6.45, 7) is 6.21. The van der Waals surface area contributed by atoms with E-state index in [9.17, 15) is 4.79 Å². The number of nitrogens with zero attached hydrogens (tertiary/aromatic N) is 3. The number of rotatable bonds is 5. The van der Waals surface area contributed by atoms with Crippen LogP contribution >= 0.6 is 0 Å². The van der Waals surface area contributed by atoms with Gasteiger partial charge < -0.3 is 5.32 Å². The maximum atomic E-state index is 11.8. The molecule has 136 valence electrons. The lowest BCUT2D eigenvalue weighted by atomic mass is 10.0. The number of carbonyl (C=O) groups is 1. The molecule has 6 heteroatoms. The highest BCUT2D eigenvalue weighted by Gasteiger charge is 2.31. The van der Waals surface area contributed by atoms with E-state index in [0.717, 1.165) is 62.5 Å². The second-order valence-corrected chi connectivity index (χ2v) is 6.96. The first kappa shape index (κ1) is 17.0. The number of pyridine rings is 1. The van der Waals surface area contributed by atoms with Crippen molar-refractivity contribution in [2.24, 2.45) is 0 Å². The van der Waals surface area contributed by atoms with E-state index in [4.69, 9.17) is 0 Å². The molecule has 1 atom stereocenters. The lowest BCUT2D eigenvalue weighted by Crippen LogP contribution is -2.44. The van der Waals surface area contributed by atoms with E-state index in [1.807, 2.05) is 25.1 Å². The lowest BCUT2D eigenvalue weighted by molar-refractivity contribution is -0.107. The van der Waals surface area contributed by atoms with Gasteiger partial charge in [-0.2, -0.15) is 0 Å². The predicted molar refractivity (Wildman–Crippen MR) is 103 cm³/mol. The lowest BCUT2D eigenvalue weighted by Gasteiger charge is -2.33. The first-order valence-electron chi connectivity index (χ1n) is 9.26. The first-order valence-corrected chi connectivity index (χ1v) is 9.26. The molecule has 2 aliphatic rings. The van der Waals surface area contributed by atoms with Crippen LogP contribution in [0.25, 0.3) is 0 Å². The van der Waals surface area contributed by atoms with Gasteiger partial charge in [-0.1, -0.05) is 12.1 Å². The third-order valence-electron chi connectivity index (χ3n) is 5.33. The Kier molecular flexibility index (Phi) is 4.86. The van der Waals surface area contributed by atoms with Crippen LogP contribution in [0.4, 0.5) is 11.4 Å². The van der Waals surface area contributed by atoms with E-state index >= 15 is 0 Å². The summed E-state index contributed by atoms with van der Waals surface area (Å²) in [6.07, 6.45) is 4.70. The van der Waals surface area contributed by atoms with Gasteiger partial charge in [-0.25, -0.2) is 5.01 Å². The molecule has 0 spiro atoms. The number of hydrazine groups is 1. The highest BCUT2D eigenvalue weighted by atomic mass is 16.1. The average molecular weight is 351 g/mol. The van der Waals surface area contributed by atoms with Crippen LogP contribution < -0.4 is 15.8 Å². The summed E-state index contributed by atoms with van der Waals surface area (Å²) >= 11 is 0. The molecule has 0 radical (unpaired) electrons. The number of benzene rings is 1. The van der Waals surface area contributed by atoms with Gasteiger partial charge in [-0.05, 0) is 49.1 Å². The van der Waals surface area contributed by atoms with E-state index in [1.165, 1.54) is 11.1 Å². The predicted octanol–water partition coefficient (Wildman–Crippen LogP) is 2.27. The SMILES string of the molecule is Cc1ccc(NN(C=O)c2cccc3c2CCC3N2CCNCC2)cn1. The van der Waals surface area contributed by atoms with Crippen molar-refractivity contribution in [3.05, 3.63) is 53.3 Å². The second kappa shape index (κ2) is 7.43. The van der Waals surface area contributed by atoms with E-state index in [-0.39, 0.29) is 0 Å². The van der Waals surface area contributed by atoms with Gasteiger partial charge in [-0.3, -0.25) is 20.1 Å². The Bertz CT molecular complexity index is 770. The first-order chi connectivity index (χ1) is 12.8. The number of hydrogen-bond donors (Lipinski definition) is 2. The molecule has 26 heavy (non-hydrogen) atoms. The maximum Gasteiger partial charge on any atom is 0.232 e. The topological polar surface area (TPSA) is 60.5 Å². The van der Waals surface area contributed by atoms with Crippen molar-refractivity contribution >= 4 is 17.8 Å². The van der Waals surface area contributed by atoms with Crippen molar-refractivity contribution in [1.29, 1.82) is 0 Å². The zero-order valence-electron chi connectivity index (χ0n) is 15.1. The number of amides is 1. The third-order valence-corrected chi connectivity index (χ3v) is 5.33. The normalized spacial score (nSPS) is 19.8. The monoisotopic (exact) mass is 351 g/mol. The zero-order valence-corrected chi connectivity index (χ0v) is 15.1. The minimum atomic E-state index is 0.460. The largest absolute Gasteiger partial charge is 0.314 e. The van der Waals surface area contributed by atoms with Crippen molar-refractivity contribution < 1.29 is 4.79 Å². The van der Waals surface area contributed by atoms with Gasteiger partial charge in [0.25, 0.3) is 0 Å². The van der Waals surface area contributed by atoms with Gasteiger partial charge in [0.05, 0.1) is 17.6 Å². The maximum absolute atomic E-state index is 11.8. The fourth-order valence-electron chi connectivity index (χ4n) is 4.03. The van der Waals surface area contributed by atoms with E-state index in [1.54, 1.807) is 11.2 Å². The summed E-state index contributed by atoms with van der Waals surface area (Å²) in [4.78, 5) is 18.6. The highest BCUT2D eigenvalue weighted by molar-refractivity contribution is 5.81. The molecule has 0 saturated carbocycles. The van der Waals surface area contributed by atoms with Crippen molar-refractivity contribution in [2.45, 2.75) is 25.8 Å². The number of fused-ring (bicyclic) bond motifs is 1. The van der Waals surface area contributed by atoms with Gasteiger partial charge >= 0.3 is 0 Å². The summed E-state index contributed by atoms with van der Waals surface area (Å²) in [5.41, 5.74) is 8.51. The van der Waals surface area contributed by atoms with E-state index in [2.05, 4.69) is 32.8 Å². The fraction of sp³-hybridized carbons (Fsp3) is 0.400. The summed E-state index contributed by atoms with van der Waals surface area (Å²) in [5, 5.41) is 4.99. The molecule has 1 saturated heterocycles. The molecule has 1 amide bonds. The number of anilines is 2. The van der Waals surface area contributed by atoms with Crippen LogP contribution in [-0.2, 0) is 11.2 Å². The Morgan fingerprint density at radius 3 is 2.85 bits per heavy atom. The van der Waals surface area contributed by atoms with Gasteiger partial charge in [0, 0.05) is 37.9 Å². The van der Waals surface area contributed by atoms with Gasteiger partial charge in [0.1, 0.15) is 0 Å². The van der Waals surface area contributed by atoms with E-state index in [0.29, 0.717) is 6.04 Å². The standard InChI is InChI=1S/C20H25N5O/c1-15-5-6-16(13-22-15)23-25(14-26)20-4-2-3-17-18(20)7-8-19(17)24-11-9-21-10-12-24/h2-6,13-14,19,21,23H,7-12H2,1H3. The number of nitrogens with one attached hydrogen (secondary N) is 2. The summed E-state index contributed by atoms with van der Waals surface area (Å²) < 4.78 is 0. The number of carbonyl (C=O) groups excluding carboxylic acids is 1. The molecule has 6 nitrogen and oxygen atoms in total. The van der Waals surface area contributed by atoms with Crippen molar-refractivity contribution in [3.63, 3.8) is 0 Å². The molecule has 1 aromatic heterocycles. The molecule has 2 N–H and O–H groups in total. The molecule has 1 aliphatic carbocycles. The van der Waals surface area contributed by atoms with Crippen LogP contribution in [0, 0.1) is 6.92 Å². The minimum Gasteiger partial charge on any atom is -0.314 e. The molecule has 1 aliphatic heterocycles. The number of hydrogen-bond acceptors (Lipinski definition) is 5. The molecule has 2 heterocycles. The Hall–Kier alpha value is -2.44. The number of piperazine rings is 1. The molecule has 0 bridgehead atoms. The molecule has 2 aromatic rings. The highest BCUT2D eigenvalue weighted by Crippen LogP contribution is 2.40. The van der Waals surface area contributed by atoms with Crippen molar-refractivity contribution in [2.75, 3.05) is 36.6 Å². The van der Waals surface area contributed by atoms with E-state index < -0.39 is 0 Å². The molecule has 1 aromatic carbocycles. The Morgan fingerprint density at radius 2 is 2.12 bits per heavy atom. The smallest absolute Gasteiger partial charge is 0.232 e. The molecular formula is C20H25N5O. The molecule has 4 rings (SSSR count). The van der Waals surface area contributed by atoms with Crippen LogP contribution in [0.15, 0.2) is 36.5 Å². The summed E-state index contributed by atoms with van der Waals surface area (Å²) in [6, 6.07) is 10.6. The third kappa shape index (κ3) is 3.30. The quantitative estimate of drug-likeness (QED) is 0.639. The van der Waals surface area contributed by atoms with Crippen LogP contribution in [0.5, 0.6) is 0 Å². The number of aromatic nitrogens is 1. The Balaban J connectivity index is 1.59. The minimum absolute atomic E-state index is 0.460. The average Bonchev–Trinajstić information content (AvgIpc) is 3.12. The Labute approximate surface area is 154 Å². The van der Waals surface area contributed by atoms with Gasteiger partial charge in [0.15, 0.2) is 0 Å². The van der Waals surface area contributed by atoms with Crippen LogP contribution in [0.2, 0.25) is 0 Å². The van der Waals surface area contributed by atoms with Crippen LogP contribution in [0.3, 0.4) is 0 Å². The van der Waals surface area contributed by atoms with Crippen LogP contribution in [0.1, 0.15) is 29.3 Å². The molecule has 1 unspecified atom stereocenters. The van der Waals surface area contributed by atoms with Crippen molar-refractivity contribution in [3.8, 4) is 0 Å². The zero-order chi connectivity index (χ0) is 17.9. The van der Waals surface area contributed by atoms with Gasteiger partial charge in [-0.15, -0.1) is 0 Å². The van der Waals surface area contributed by atoms with Crippen molar-refractivity contribution in [1.82, 2.24) is 15.2 Å². The second-order valence-electron chi connectivity index (χ2n) is 6.96. The fourth-order valence-corrected chi connectivity index (χ4v) is 4.03.